The second-order valence-corrected chi connectivity index (χ2v) is 5.95. The van der Waals surface area contributed by atoms with Crippen LogP contribution >= 0.6 is 0 Å². The third-order valence-corrected chi connectivity index (χ3v) is 4.41. The van der Waals surface area contributed by atoms with Crippen LogP contribution in [-0.4, -0.2) is 46.5 Å². The molecule has 0 spiro atoms. The predicted molar refractivity (Wildman–Crippen MR) is 102 cm³/mol. The SMILES string of the molecule is CCn1nnc2cc(-c3noc(-c4cc(OC)c(OC)c(OC)c4)n3)ccc21. The summed E-state index contributed by atoms with van der Waals surface area (Å²) in [5, 5.41) is 12.4. The highest BCUT2D eigenvalue weighted by Gasteiger charge is 2.18. The number of hydrogen-bond acceptors (Lipinski definition) is 8. The first-order chi connectivity index (χ1) is 13.7. The third kappa shape index (κ3) is 2.90. The summed E-state index contributed by atoms with van der Waals surface area (Å²) in [4.78, 5) is 4.51. The van der Waals surface area contributed by atoms with Crippen molar-refractivity contribution < 1.29 is 18.7 Å². The van der Waals surface area contributed by atoms with Gasteiger partial charge in [0, 0.05) is 17.7 Å². The molecule has 0 aliphatic rings. The highest BCUT2D eigenvalue weighted by atomic mass is 16.5. The molecule has 0 aliphatic carbocycles. The van der Waals surface area contributed by atoms with Crippen molar-refractivity contribution in [2.75, 3.05) is 21.3 Å². The second kappa shape index (κ2) is 7.18. The van der Waals surface area contributed by atoms with Crippen molar-refractivity contribution in [2.45, 2.75) is 13.5 Å². The Bertz CT molecular complexity index is 1110. The van der Waals surface area contributed by atoms with Crippen molar-refractivity contribution in [3.05, 3.63) is 30.3 Å². The molecule has 9 nitrogen and oxygen atoms in total. The molecule has 2 aromatic heterocycles. The fourth-order valence-corrected chi connectivity index (χ4v) is 3.01. The molecule has 0 N–H and O–H groups in total. The molecule has 0 bridgehead atoms. The number of ether oxygens (including phenoxy) is 3. The lowest BCUT2D eigenvalue weighted by Gasteiger charge is -2.12. The monoisotopic (exact) mass is 381 g/mol. The average Bonchev–Trinajstić information content (AvgIpc) is 3.39. The standard InChI is InChI=1S/C19H19N5O4/c1-5-24-14-7-6-11(8-13(14)21-23-24)18-20-19(28-22-18)12-9-15(25-2)17(27-4)16(10-12)26-3/h6-10H,5H2,1-4H3. The van der Waals surface area contributed by atoms with Crippen molar-refractivity contribution in [2.24, 2.45) is 0 Å². The average molecular weight is 381 g/mol. The molecule has 0 unspecified atom stereocenters. The summed E-state index contributed by atoms with van der Waals surface area (Å²) >= 11 is 0. The summed E-state index contributed by atoms with van der Waals surface area (Å²) in [6.07, 6.45) is 0. The highest BCUT2D eigenvalue weighted by molar-refractivity contribution is 5.80. The summed E-state index contributed by atoms with van der Waals surface area (Å²) in [6.45, 7) is 2.77. The van der Waals surface area contributed by atoms with E-state index in [1.165, 1.54) is 0 Å². The van der Waals surface area contributed by atoms with Gasteiger partial charge < -0.3 is 18.7 Å². The smallest absolute Gasteiger partial charge is 0.258 e. The van der Waals surface area contributed by atoms with Crippen LogP contribution in [0.2, 0.25) is 0 Å². The van der Waals surface area contributed by atoms with E-state index in [0.717, 1.165) is 23.1 Å². The fourth-order valence-electron chi connectivity index (χ4n) is 3.01. The van der Waals surface area contributed by atoms with Gasteiger partial charge in [-0.15, -0.1) is 5.10 Å². The van der Waals surface area contributed by atoms with E-state index in [-0.39, 0.29) is 0 Å². The molecule has 0 radical (unpaired) electrons. The van der Waals surface area contributed by atoms with Gasteiger partial charge in [0.1, 0.15) is 5.52 Å². The van der Waals surface area contributed by atoms with Gasteiger partial charge in [-0.05, 0) is 37.3 Å². The van der Waals surface area contributed by atoms with E-state index in [0.29, 0.717) is 34.5 Å². The summed E-state index contributed by atoms with van der Waals surface area (Å²) in [6, 6.07) is 9.27. The minimum atomic E-state index is 0.339. The predicted octanol–water partition coefficient (Wildman–Crippen LogP) is 3.19. The normalized spacial score (nSPS) is 11.0. The summed E-state index contributed by atoms with van der Waals surface area (Å²) in [7, 11) is 4.66. The molecule has 2 heterocycles. The van der Waals surface area contributed by atoms with Crippen LogP contribution in [0.4, 0.5) is 0 Å². The molecule has 0 atom stereocenters. The van der Waals surface area contributed by atoms with Gasteiger partial charge in [0.2, 0.25) is 11.6 Å². The quantitative estimate of drug-likeness (QED) is 0.502. The maximum absolute atomic E-state index is 5.46. The molecular formula is C19H19N5O4. The van der Waals surface area contributed by atoms with Crippen molar-refractivity contribution in [3.8, 4) is 40.1 Å². The van der Waals surface area contributed by atoms with Crippen LogP contribution in [0.15, 0.2) is 34.9 Å². The highest BCUT2D eigenvalue weighted by Crippen LogP contribution is 2.41. The molecule has 144 valence electrons. The Balaban J connectivity index is 1.73. The van der Waals surface area contributed by atoms with E-state index in [4.69, 9.17) is 18.7 Å². The number of aromatic nitrogens is 5. The van der Waals surface area contributed by atoms with Gasteiger partial charge in [0.15, 0.2) is 11.5 Å². The van der Waals surface area contributed by atoms with Gasteiger partial charge in [-0.1, -0.05) is 10.4 Å². The lowest BCUT2D eigenvalue weighted by molar-refractivity contribution is 0.324. The van der Waals surface area contributed by atoms with Crippen LogP contribution in [0, 0.1) is 0 Å². The fraction of sp³-hybridized carbons (Fsp3) is 0.263. The minimum absolute atomic E-state index is 0.339. The first-order valence-corrected chi connectivity index (χ1v) is 8.66. The molecular weight excluding hydrogens is 362 g/mol. The minimum Gasteiger partial charge on any atom is -0.493 e. The van der Waals surface area contributed by atoms with E-state index in [2.05, 4.69) is 20.5 Å². The van der Waals surface area contributed by atoms with Gasteiger partial charge >= 0.3 is 0 Å². The summed E-state index contributed by atoms with van der Waals surface area (Å²) < 4.78 is 23.4. The summed E-state index contributed by atoms with van der Waals surface area (Å²) in [5.41, 5.74) is 3.18. The van der Waals surface area contributed by atoms with Crippen molar-refractivity contribution >= 4 is 11.0 Å². The molecule has 9 heteroatoms. The first kappa shape index (κ1) is 17.8. The number of hydrogen-bond donors (Lipinski definition) is 0. The van der Waals surface area contributed by atoms with Crippen molar-refractivity contribution in [3.63, 3.8) is 0 Å². The number of methoxy groups -OCH3 is 3. The van der Waals surface area contributed by atoms with Gasteiger partial charge in [0.25, 0.3) is 5.89 Å². The first-order valence-electron chi connectivity index (χ1n) is 8.66. The summed E-state index contributed by atoms with van der Waals surface area (Å²) in [5.74, 6) is 2.31. The van der Waals surface area contributed by atoms with E-state index in [9.17, 15) is 0 Å². The molecule has 4 rings (SSSR count). The number of aryl methyl sites for hydroxylation is 1. The lowest BCUT2D eigenvalue weighted by atomic mass is 10.1. The van der Waals surface area contributed by atoms with E-state index in [1.807, 2.05) is 29.8 Å². The second-order valence-electron chi connectivity index (χ2n) is 5.95. The zero-order valence-corrected chi connectivity index (χ0v) is 16.0. The Kier molecular flexibility index (Phi) is 4.56. The molecule has 2 aromatic carbocycles. The van der Waals surface area contributed by atoms with Crippen LogP contribution in [0.5, 0.6) is 17.2 Å². The molecule has 0 saturated carbocycles. The zero-order chi connectivity index (χ0) is 19.7. The van der Waals surface area contributed by atoms with Gasteiger partial charge in [-0.25, -0.2) is 4.68 Å². The Morgan fingerprint density at radius 2 is 1.71 bits per heavy atom. The number of nitrogens with zero attached hydrogens (tertiary/aromatic N) is 5. The van der Waals surface area contributed by atoms with Gasteiger partial charge in [-0.2, -0.15) is 4.98 Å². The molecule has 4 aromatic rings. The van der Waals surface area contributed by atoms with Crippen LogP contribution < -0.4 is 14.2 Å². The largest absolute Gasteiger partial charge is 0.493 e. The Morgan fingerprint density at radius 1 is 0.964 bits per heavy atom. The lowest BCUT2D eigenvalue weighted by Crippen LogP contribution is -1.95. The van der Waals surface area contributed by atoms with E-state index < -0.39 is 0 Å². The van der Waals surface area contributed by atoms with Crippen LogP contribution in [0.1, 0.15) is 6.92 Å². The molecule has 0 aliphatic heterocycles. The topological polar surface area (TPSA) is 97.3 Å². The maximum Gasteiger partial charge on any atom is 0.258 e. The molecule has 28 heavy (non-hydrogen) atoms. The van der Waals surface area contributed by atoms with Gasteiger partial charge in [-0.3, -0.25) is 0 Å². The number of rotatable bonds is 6. The third-order valence-electron chi connectivity index (χ3n) is 4.41. The number of fused-ring (bicyclic) bond motifs is 1. The Morgan fingerprint density at radius 3 is 2.36 bits per heavy atom. The van der Waals surface area contributed by atoms with Crippen LogP contribution in [-0.2, 0) is 6.54 Å². The zero-order valence-electron chi connectivity index (χ0n) is 16.0. The Hall–Kier alpha value is -3.62. The number of benzene rings is 2. The Labute approximate surface area is 160 Å². The molecule has 0 saturated heterocycles. The molecule has 0 amide bonds. The van der Waals surface area contributed by atoms with Crippen molar-refractivity contribution in [1.29, 1.82) is 0 Å². The maximum atomic E-state index is 5.46. The van der Waals surface area contributed by atoms with Gasteiger partial charge in [0.05, 0.1) is 26.8 Å². The van der Waals surface area contributed by atoms with Crippen molar-refractivity contribution in [1.82, 2.24) is 25.1 Å². The van der Waals surface area contributed by atoms with Crippen LogP contribution in [0.25, 0.3) is 33.9 Å². The van der Waals surface area contributed by atoms with Crippen LogP contribution in [0.3, 0.4) is 0 Å². The molecule has 0 fully saturated rings. The van der Waals surface area contributed by atoms with E-state index in [1.54, 1.807) is 33.5 Å². The van der Waals surface area contributed by atoms with E-state index >= 15 is 0 Å².